The highest BCUT2D eigenvalue weighted by molar-refractivity contribution is 7.89. The molecule has 1 saturated heterocycles. The number of carbonyl (C=O) groups excluding carboxylic acids is 1. The van der Waals surface area contributed by atoms with E-state index < -0.39 is 28.2 Å². The number of nitrogens with one attached hydrogen (secondary N) is 2. The summed E-state index contributed by atoms with van der Waals surface area (Å²) in [6.45, 7) is 0.948. The van der Waals surface area contributed by atoms with E-state index in [0.717, 1.165) is 24.3 Å². The van der Waals surface area contributed by atoms with Gasteiger partial charge in [0.05, 0.1) is 17.6 Å². The zero-order valence-corrected chi connectivity index (χ0v) is 16.4. The van der Waals surface area contributed by atoms with Crippen molar-refractivity contribution in [2.45, 2.75) is 30.2 Å². The molecule has 1 aromatic rings. The maximum absolute atomic E-state index is 12.6. The number of sulfonamides is 1. The van der Waals surface area contributed by atoms with Crippen molar-refractivity contribution in [2.24, 2.45) is 0 Å². The molecule has 2 N–H and O–H groups in total. The molecule has 1 aromatic carbocycles. The van der Waals surface area contributed by atoms with E-state index in [-0.39, 0.29) is 24.1 Å². The van der Waals surface area contributed by atoms with E-state index in [2.05, 4.69) is 15.5 Å². The molecule has 9 nitrogen and oxygen atoms in total. The van der Waals surface area contributed by atoms with Gasteiger partial charge in [-0.25, -0.2) is 18.7 Å². The molecule has 164 valence electrons. The first-order valence-electron chi connectivity index (χ1n) is 8.66. The Hall–Kier alpha value is -2.09. The normalized spacial score (nSPS) is 16.4. The topological polar surface area (TPSA) is 106 Å². The number of benzene rings is 1. The predicted molar refractivity (Wildman–Crippen MR) is 94.4 cm³/mol. The van der Waals surface area contributed by atoms with Crippen LogP contribution in [0.4, 0.5) is 18.0 Å². The van der Waals surface area contributed by atoms with Crippen molar-refractivity contribution in [1.82, 2.24) is 15.1 Å². The van der Waals surface area contributed by atoms with Crippen molar-refractivity contribution < 1.29 is 40.7 Å². The molecule has 1 heterocycles. The number of carbonyl (C=O) groups is 1. The third kappa shape index (κ3) is 7.34. The van der Waals surface area contributed by atoms with E-state index in [1.165, 1.54) is 11.4 Å². The van der Waals surface area contributed by atoms with Gasteiger partial charge in [-0.05, 0) is 37.1 Å². The molecule has 0 aliphatic carbocycles. The smallest absolute Gasteiger partial charge is 0.406 e. The number of amides is 2. The fourth-order valence-electron chi connectivity index (χ4n) is 2.59. The molecule has 0 unspecified atom stereocenters. The SMILES string of the molecule is COCCNC(=O)NOC1CCN(S(=O)(=O)c2ccc(OC(F)(F)F)cc2)CC1. The molecular formula is C16H22F3N3O6S. The molecule has 13 heteroatoms. The quantitative estimate of drug-likeness (QED) is 0.469. The number of urea groups is 1. The zero-order chi connectivity index (χ0) is 21.5. The number of halogens is 3. The van der Waals surface area contributed by atoms with E-state index in [4.69, 9.17) is 9.57 Å². The monoisotopic (exact) mass is 441 g/mol. The Kier molecular flexibility index (Phi) is 8.07. The molecule has 0 atom stereocenters. The molecular weight excluding hydrogens is 419 g/mol. The first-order chi connectivity index (χ1) is 13.6. The molecule has 2 amide bonds. The Bertz CT molecular complexity index is 765. The second-order valence-electron chi connectivity index (χ2n) is 6.09. The molecule has 0 radical (unpaired) electrons. The van der Waals surface area contributed by atoms with Gasteiger partial charge in [0, 0.05) is 26.7 Å². The van der Waals surface area contributed by atoms with Crippen LogP contribution >= 0.6 is 0 Å². The van der Waals surface area contributed by atoms with Crippen LogP contribution in [-0.4, -0.2) is 64.6 Å². The predicted octanol–water partition coefficient (Wildman–Crippen LogP) is 1.62. The molecule has 29 heavy (non-hydrogen) atoms. The van der Waals surface area contributed by atoms with Crippen LogP contribution in [0.5, 0.6) is 5.75 Å². The van der Waals surface area contributed by atoms with Crippen LogP contribution in [0, 0.1) is 0 Å². The number of ether oxygens (including phenoxy) is 2. The molecule has 1 aliphatic rings. The minimum absolute atomic E-state index is 0.137. The van der Waals surface area contributed by atoms with Gasteiger partial charge in [0.15, 0.2) is 0 Å². The first-order valence-corrected chi connectivity index (χ1v) is 10.1. The number of hydrogen-bond acceptors (Lipinski definition) is 6. The Labute approximate surface area is 166 Å². The highest BCUT2D eigenvalue weighted by Crippen LogP contribution is 2.26. The van der Waals surface area contributed by atoms with Gasteiger partial charge in [0.2, 0.25) is 10.0 Å². The number of alkyl halides is 3. The van der Waals surface area contributed by atoms with E-state index in [9.17, 15) is 26.4 Å². The third-order valence-electron chi connectivity index (χ3n) is 4.01. The summed E-state index contributed by atoms with van der Waals surface area (Å²) in [6.07, 6.45) is -4.53. The molecule has 1 aliphatic heterocycles. The number of rotatable bonds is 8. The summed E-state index contributed by atoms with van der Waals surface area (Å²) < 4.78 is 71.6. The summed E-state index contributed by atoms with van der Waals surface area (Å²) >= 11 is 0. The van der Waals surface area contributed by atoms with Crippen LogP contribution in [0.15, 0.2) is 29.2 Å². The standard InChI is InChI=1S/C16H22F3N3O6S/c1-26-11-8-20-15(23)21-28-13-6-9-22(10-7-13)29(24,25)14-4-2-12(3-5-14)27-16(17,18)19/h2-5,13H,6-11H2,1H3,(H2,20,21,23). The maximum atomic E-state index is 12.6. The van der Waals surface area contributed by atoms with Gasteiger partial charge in [0.1, 0.15) is 5.75 Å². The van der Waals surface area contributed by atoms with E-state index in [0.29, 0.717) is 26.0 Å². The van der Waals surface area contributed by atoms with Crippen LogP contribution in [0.25, 0.3) is 0 Å². The number of nitrogens with zero attached hydrogens (tertiary/aromatic N) is 1. The average Bonchev–Trinajstić information content (AvgIpc) is 2.66. The number of hydrogen-bond donors (Lipinski definition) is 2. The summed E-state index contributed by atoms with van der Waals surface area (Å²) in [7, 11) is -2.36. The van der Waals surface area contributed by atoms with Crippen LogP contribution < -0.4 is 15.5 Å². The molecule has 0 aromatic heterocycles. The minimum Gasteiger partial charge on any atom is -0.406 e. The van der Waals surface area contributed by atoms with Gasteiger partial charge in [0.25, 0.3) is 0 Å². The Morgan fingerprint density at radius 2 is 1.83 bits per heavy atom. The van der Waals surface area contributed by atoms with Crippen LogP contribution in [-0.2, 0) is 19.6 Å². The molecule has 1 fully saturated rings. The van der Waals surface area contributed by atoms with E-state index in [1.807, 2.05) is 0 Å². The summed E-state index contributed by atoms with van der Waals surface area (Å²) in [5.41, 5.74) is 2.24. The van der Waals surface area contributed by atoms with Crippen molar-refractivity contribution in [3.63, 3.8) is 0 Å². The molecule has 2 rings (SSSR count). The summed E-state index contributed by atoms with van der Waals surface area (Å²) in [4.78, 5) is 16.6. The number of methoxy groups -OCH3 is 1. The summed E-state index contributed by atoms with van der Waals surface area (Å²) in [6, 6.07) is 3.49. The first kappa shape index (κ1) is 23.2. The van der Waals surface area contributed by atoms with E-state index >= 15 is 0 Å². The van der Waals surface area contributed by atoms with Gasteiger partial charge in [-0.1, -0.05) is 0 Å². The minimum atomic E-state index is -4.85. The summed E-state index contributed by atoms with van der Waals surface area (Å²) in [5.74, 6) is -0.501. The molecule has 0 saturated carbocycles. The highest BCUT2D eigenvalue weighted by Gasteiger charge is 2.32. The second-order valence-corrected chi connectivity index (χ2v) is 8.03. The van der Waals surface area contributed by atoms with Gasteiger partial charge in [-0.3, -0.25) is 4.84 Å². The Morgan fingerprint density at radius 3 is 2.38 bits per heavy atom. The van der Waals surface area contributed by atoms with Crippen molar-refractivity contribution in [3.05, 3.63) is 24.3 Å². The largest absolute Gasteiger partial charge is 0.573 e. The lowest BCUT2D eigenvalue weighted by molar-refractivity contribution is -0.274. The zero-order valence-electron chi connectivity index (χ0n) is 15.6. The van der Waals surface area contributed by atoms with E-state index in [1.54, 1.807) is 0 Å². The number of piperidine rings is 1. The van der Waals surface area contributed by atoms with Gasteiger partial charge < -0.3 is 14.8 Å². The van der Waals surface area contributed by atoms with Crippen LogP contribution in [0.3, 0.4) is 0 Å². The van der Waals surface area contributed by atoms with Crippen LogP contribution in [0.2, 0.25) is 0 Å². The van der Waals surface area contributed by atoms with Crippen molar-refractivity contribution in [2.75, 3.05) is 33.4 Å². The number of hydroxylamine groups is 1. The Balaban J connectivity index is 1.84. The van der Waals surface area contributed by atoms with Gasteiger partial charge in [-0.2, -0.15) is 4.31 Å². The molecule has 0 spiro atoms. The molecule has 0 bridgehead atoms. The van der Waals surface area contributed by atoms with Crippen LogP contribution in [0.1, 0.15) is 12.8 Å². The third-order valence-corrected chi connectivity index (χ3v) is 5.92. The second kappa shape index (κ2) is 10.1. The van der Waals surface area contributed by atoms with Gasteiger partial charge >= 0.3 is 12.4 Å². The maximum Gasteiger partial charge on any atom is 0.573 e. The fraction of sp³-hybridized carbons (Fsp3) is 0.562. The lowest BCUT2D eigenvalue weighted by Crippen LogP contribution is -2.44. The van der Waals surface area contributed by atoms with Crippen molar-refractivity contribution >= 4 is 16.1 Å². The average molecular weight is 441 g/mol. The lowest BCUT2D eigenvalue weighted by atomic mass is 10.1. The van der Waals surface area contributed by atoms with Crippen molar-refractivity contribution in [1.29, 1.82) is 0 Å². The van der Waals surface area contributed by atoms with Crippen molar-refractivity contribution in [3.8, 4) is 5.75 Å². The lowest BCUT2D eigenvalue weighted by Gasteiger charge is -2.30. The Morgan fingerprint density at radius 1 is 1.21 bits per heavy atom. The fourth-order valence-corrected chi connectivity index (χ4v) is 4.06. The van der Waals surface area contributed by atoms with Gasteiger partial charge in [-0.15, -0.1) is 13.2 Å². The highest BCUT2D eigenvalue weighted by atomic mass is 32.2. The summed E-state index contributed by atoms with van der Waals surface area (Å²) in [5, 5.41) is 2.51.